The van der Waals surface area contributed by atoms with E-state index in [4.69, 9.17) is 0 Å². The minimum atomic E-state index is -0.0960. The Kier molecular flexibility index (Phi) is 4.13. The van der Waals surface area contributed by atoms with E-state index in [0.29, 0.717) is 5.56 Å². The van der Waals surface area contributed by atoms with Gasteiger partial charge >= 0.3 is 0 Å². The van der Waals surface area contributed by atoms with Gasteiger partial charge in [0.05, 0.1) is 17.6 Å². The van der Waals surface area contributed by atoms with E-state index in [2.05, 4.69) is 15.3 Å². The van der Waals surface area contributed by atoms with E-state index in [1.165, 1.54) is 24.9 Å². The van der Waals surface area contributed by atoms with Gasteiger partial charge in [0.25, 0.3) is 5.91 Å². The number of carbonyl (C=O) groups is 1. The van der Waals surface area contributed by atoms with Crippen molar-refractivity contribution in [3.05, 3.63) is 41.7 Å². The molecule has 1 amide bonds. The van der Waals surface area contributed by atoms with Crippen LogP contribution in [-0.4, -0.2) is 28.8 Å². The highest BCUT2D eigenvalue weighted by Crippen LogP contribution is 2.21. The highest BCUT2D eigenvalue weighted by molar-refractivity contribution is 6.04. The molecule has 0 unspecified atom stereocenters. The molecule has 1 aliphatic heterocycles. The number of aryl methyl sites for hydroxylation is 1. The molecule has 5 nitrogen and oxygen atoms in total. The van der Waals surface area contributed by atoms with E-state index in [1.54, 1.807) is 10.9 Å². The molecule has 1 aromatic carbocycles. The van der Waals surface area contributed by atoms with Crippen molar-refractivity contribution in [2.75, 3.05) is 23.3 Å². The fourth-order valence-corrected chi connectivity index (χ4v) is 2.79. The number of hydrogen-bond acceptors (Lipinski definition) is 3. The van der Waals surface area contributed by atoms with Crippen LogP contribution in [0, 0.1) is 6.92 Å². The average Bonchev–Trinajstić information content (AvgIpc) is 2.88. The lowest BCUT2D eigenvalue weighted by Crippen LogP contribution is -2.29. The lowest BCUT2D eigenvalue weighted by molar-refractivity contribution is 0.102. The van der Waals surface area contributed by atoms with Gasteiger partial charge in [-0.1, -0.05) is 0 Å². The first-order valence-corrected chi connectivity index (χ1v) is 7.80. The Bertz CT molecular complexity index is 654. The van der Waals surface area contributed by atoms with E-state index < -0.39 is 0 Å². The first-order valence-electron chi connectivity index (χ1n) is 7.80. The largest absolute Gasteiger partial charge is 0.372 e. The fourth-order valence-electron chi connectivity index (χ4n) is 2.79. The summed E-state index contributed by atoms with van der Waals surface area (Å²) in [6.07, 6.45) is 5.50. The Labute approximate surface area is 130 Å². The summed E-state index contributed by atoms with van der Waals surface area (Å²) in [4.78, 5) is 14.7. The summed E-state index contributed by atoms with van der Waals surface area (Å²) in [7, 11) is 1.86. The first kappa shape index (κ1) is 14.6. The molecular weight excluding hydrogens is 276 g/mol. The summed E-state index contributed by atoms with van der Waals surface area (Å²) in [5.41, 5.74) is 3.57. The van der Waals surface area contributed by atoms with Gasteiger partial charge in [0, 0.05) is 31.4 Å². The number of carbonyl (C=O) groups excluding carboxylic acids is 1. The van der Waals surface area contributed by atoms with Crippen LogP contribution in [0.5, 0.6) is 0 Å². The van der Waals surface area contributed by atoms with Crippen LogP contribution in [0.15, 0.2) is 30.5 Å². The van der Waals surface area contributed by atoms with Gasteiger partial charge in [0.15, 0.2) is 0 Å². The van der Waals surface area contributed by atoms with Crippen LogP contribution < -0.4 is 10.2 Å². The molecule has 0 atom stereocenters. The van der Waals surface area contributed by atoms with Gasteiger partial charge in [-0.2, -0.15) is 5.10 Å². The predicted octanol–water partition coefficient (Wildman–Crippen LogP) is 2.97. The van der Waals surface area contributed by atoms with Crippen molar-refractivity contribution in [1.82, 2.24) is 9.78 Å². The van der Waals surface area contributed by atoms with E-state index in [-0.39, 0.29) is 5.91 Å². The van der Waals surface area contributed by atoms with Gasteiger partial charge in [0.2, 0.25) is 0 Å². The van der Waals surface area contributed by atoms with Gasteiger partial charge < -0.3 is 10.2 Å². The van der Waals surface area contributed by atoms with Crippen molar-refractivity contribution < 1.29 is 4.79 Å². The topological polar surface area (TPSA) is 50.2 Å². The van der Waals surface area contributed by atoms with Crippen LogP contribution in [0.2, 0.25) is 0 Å². The molecule has 2 aromatic rings. The predicted molar refractivity (Wildman–Crippen MR) is 88.4 cm³/mol. The number of nitrogens with one attached hydrogen (secondary N) is 1. The summed E-state index contributed by atoms with van der Waals surface area (Å²) < 4.78 is 1.75. The van der Waals surface area contributed by atoms with Gasteiger partial charge in [-0.3, -0.25) is 9.48 Å². The monoisotopic (exact) mass is 298 g/mol. The van der Waals surface area contributed by atoms with Crippen LogP contribution in [-0.2, 0) is 7.05 Å². The quantitative estimate of drug-likeness (QED) is 0.947. The van der Waals surface area contributed by atoms with Crippen molar-refractivity contribution in [3.63, 3.8) is 0 Å². The second-order valence-electron chi connectivity index (χ2n) is 5.82. The fraction of sp³-hybridized carbons (Fsp3) is 0.412. The maximum absolute atomic E-state index is 12.3. The molecule has 0 aliphatic carbocycles. The molecule has 1 saturated heterocycles. The molecule has 1 N–H and O–H groups in total. The van der Waals surface area contributed by atoms with Gasteiger partial charge in [0.1, 0.15) is 0 Å². The maximum atomic E-state index is 12.3. The van der Waals surface area contributed by atoms with Crippen molar-refractivity contribution in [1.29, 1.82) is 0 Å². The van der Waals surface area contributed by atoms with E-state index in [0.717, 1.165) is 24.5 Å². The molecule has 1 aliphatic rings. The number of rotatable bonds is 3. The highest BCUT2D eigenvalue weighted by Gasteiger charge is 2.13. The number of anilines is 2. The zero-order chi connectivity index (χ0) is 15.5. The Morgan fingerprint density at radius 3 is 2.41 bits per heavy atom. The summed E-state index contributed by atoms with van der Waals surface area (Å²) >= 11 is 0. The second kappa shape index (κ2) is 6.22. The van der Waals surface area contributed by atoms with Gasteiger partial charge in [-0.15, -0.1) is 0 Å². The summed E-state index contributed by atoms with van der Waals surface area (Å²) in [5.74, 6) is -0.0960. The number of hydrogen-bond donors (Lipinski definition) is 1. The molecule has 22 heavy (non-hydrogen) atoms. The van der Waals surface area contributed by atoms with Crippen LogP contribution in [0.3, 0.4) is 0 Å². The number of amides is 1. The molecule has 1 fully saturated rings. The average molecular weight is 298 g/mol. The highest BCUT2D eigenvalue weighted by atomic mass is 16.1. The smallest absolute Gasteiger partial charge is 0.255 e. The third kappa shape index (κ3) is 2.98. The zero-order valence-corrected chi connectivity index (χ0v) is 13.2. The molecule has 116 valence electrons. The second-order valence-corrected chi connectivity index (χ2v) is 5.82. The first-order chi connectivity index (χ1) is 10.6. The third-order valence-corrected chi connectivity index (χ3v) is 4.33. The van der Waals surface area contributed by atoms with E-state index in [9.17, 15) is 4.79 Å². The zero-order valence-electron chi connectivity index (χ0n) is 13.2. The maximum Gasteiger partial charge on any atom is 0.255 e. The molecule has 3 rings (SSSR count). The van der Waals surface area contributed by atoms with Gasteiger partial charge in [-0.05, 0) is 50.5 Å². The summed E-state index contributed by atoms with van der Waals surface area (Å²) in [6.45, 7) is 4.16. The number of nitrogens with zero attached hydrogens (tertiary/aromatic N) is 3. The molecule has 0 radical (unpaired) electrons. The molecule has 0 spiro atoms. The Hall–Kier alpha value is -2.30. The SMILES string of the molecule is Cc1c(NC(=O)c2ccc(N3CCCCC3)cc2)cnn1C. The summed E-state index contributed by atoms with van der Waals surface area (Å²) in [6, 6.07) is 7.86. The van der Waals surface area contributed by atoms with Crippen LogP contribution in [0.25, 0.3) is 0 Å². The molecule has 1 aromatic heterocycles. The Morgan fingerprint density at radius 2 is 1.82 bits per heavy atom. The number of piperidine rings is 1. The van der Waals surface area contributed by atoms with Gasteiger partial charge in [-0.25, -0.2) is 0 Å². The van der Waals surface area contributed by atoms with Crippen molar-refractivity contribution in [3.8, 4) is 0 Å². The van der Waals surface area contributed by atoms with Crippen LogP contribution in [0.1, 0.15) is 35.3 Å². The normalized spacial score (nSPS) is 14.9. The Morgan fingerprint density at radius 1 is 1.14 bits per heavy atom. The van der Waals surface area contributed by atoms with Crippen LogP contribution in [0.4, 0.5) is 11.4 Å². The minimum absolute atomic E-state index is 0.0960. The third-order valence-electron chi connectivity index (χ3n) is 4.33. The number of aromatic nitrogens is 2. The lowest BCUT2D eigenvalue weighted by Gasteiger charge is -2.28. The molecule has 0 saturated carbocycles. The van der Waals surface area contributed by atoms with E-state index in [1.807, 2.05) is 38.2 Å². The minimum Gasteiger partial charge on any atom is -0.372 e. The molecule has 2 heterocycles. The molecule has 0 bridgehead atoms. The number of benzene rings is 1. The lowest BCUT2D eigenvalue weighted by atomic mass is 10.1. The molecule has 5 heteroatoms. The summed E-state index contributed by atoms with van der Waals surface area (Å²) in [5, 5.41) is 7.04. The molecular formula is C17H22N4O. The van der Waals surface area contributed by atoms with Crippen molar-refractivity contribution >= 4 is 17.3 Å². The van der Waals surface area contributed by atoms with Crippen molar-refractivity contribution in [2.45, 2.75) is 26.2 Å². The van der Waals surface area contributed by atoms with Crippen LogP contribution >= 0.6 is 0 Å². The van der Waals surface area contributed by atoms with Crippen molar-refractivity contribution in [2.24, 2.45) is 7.05 Å². The Balaban J connectivity index is 1.69. The van der Waals surface area contributed by atoms with E-state index >= 15 is 0 Å². The standard InChI is InChI=1S/C17H22N4O/c1-13-16(12-18-20(13)2)19-17(22)14-6-8-15(9-7-14)21-10-4-3-5-11-21/h6-9,12H,3-5,10-11H2,1-2H3,(H,19,22).